The summed E-state index contributed by atoms with van der Waals surface area (Å²) in [6.07, 6.45) is 1.34. The summed E-state index contributed by atoms with van der Waals surface area (Å²) in [7, 11) is 0. The van der Waals surface area contributed by atoms with Crippen molar-refractivity contribution in [2.45, 2.75) is 0 Å². The molecular formula is C14H11BrN2O4. The summed E-state index contributed by atoms with van der Waals surface area (Å²) in [5.41, 5.74) is 0.445. The van der Waals surface area contributed by atoms with Gasteiger partial charge in [-0.3, -0.25) is 4.98 Å². The van der Waals surface area contributed by atoms with Crippen molar-refractivity contribution in [3.63, 3.8) is 0 Å². The van der Waals surface area contributed by atoms with E-state index in [-0.39, 0.29) is 23.6 Å². The van der Waals surface area contributed by atoms with E-state index >= 15 is 0 Å². The second-order valence-electron chi connectivity index (χ2n) is 4.02. The van der Waals surface area contributed by atoms with Crippen LogP contribution in [0.3, 0.4) is 0 Å². The van der Waals surface area contributed by atoms with Gasteiger partial charge in [-0.1, -0.05) is 21.1 Å². The van der Waals surface area contributed by atoms with Crippen molar-refractivity contribution >= 4 is 27.6 Å². The van der Waals surface area contributed by atoms with Crippen LogP contribution in [0.4, 0.5) is 0 Å². The number of hydrogen-bond donors (Lipinski definition) is 2. The molecule has 2 rings (SSSR count). The zero-order valence-electron chi connectivity index (χ0n) is 10.7. The maximum absolute atomic E-state index is 10.9. The van der Waals surface area contributed by atoms with Crippen LogP contribution in [0.2, 0.25) is 0 Å². The molecule has 0 saturated carbocycles. The molecule has 1 aromatic heterocycles. The monoisotopic (exact) mass is 350 g/mol. The summed E-state index contributed by atoms with van der Waals surface area (Å²) in [5.74, 6) is -0.487. The first-order chi connectivity index (χ1) is 10.1. The van der Waals surface area contributed by atoms with Crippen LogP contribution >= 0.6 is 15.9 Å². The van der Waals surface area contributed by atoms with E-state index in [0.717, 1.165) is 4.47 Å². The molecule has 0 unspecified atom stereocenters. The molecule has 6 nitrogen and oxygen atoms in total. The molecule has 0 bridgehead atoms. The minimum Gasteiger partial charge on any atom is -0.487 e. The third-order valence-electron chi connectivity index (χ3n) is 2.61. The molecular weight excluding hydrogens is 340 g/mol. The quantitative estimate of drug-likeness (QED) is 0.491. The Morgan fingerprint density at radius 1 is 1.29 bits per heavy atom. The van der Waals surface area contributed by atoms with Gasteiger partial charge in [0.05, 0.1) is 11.3 Å². The molecule has 0 aliphatic rings. The highest BCUT2D eigenvalue weighted by atomic mass is 79.9. The highest BCUT2D eigenvalue weighted by Gasteiger charge is 2.11. The summed E-state index contributed by atoms with van der Waals surface area (Å²) < 4.78 is 6.39. The highest BCUT2D eigenvalue weighted by Crippen LogP contribution is 2.16. The molecule has 108 valence electrons. The number of nitrogens with zero attached hydrogens (tertiary/aromatic N) is 2. The Bertz CT molecular complexity index is 671. The van der Waals surface area contributed by atoms with E-state index in [2.05, 4.69) is 26.1 Å². The standard InChI is InChI=1S/C14H11BrN2O4/c15-10-1-3-11(4-2-10)21-8-13(17-20)12-7-9(14(18)19)5-6-16-12/h1-7,20H,8H2,(H,18,19)/b17-13+. The molecule has 2 N–H and O–H groups in total. The van der Waals surface area contributed by atoms with E-state index < -0.39 is 5.97 Å². The number of carbonyl (C=O) groups is 1. The normalized spacial score (nSPS) is 11.2. The number of oxime groups is 1. The van der Waals surface area contributed by atoms with Crippen LogP contribution in [-0.4, -0.2) is 33.6 Å². The largest absolute Gasteiger partial charge is 0.487 e. The summed E-state index contributed by atoms with van der Waals surface area (Å²) in [6, 6.07) is 9.81. The van der Waals surface area contributed by atoms with Crippen LogP contribution in [-0.2, 0) is 0 Å². The van der Waals surface area contributed by atoms with Gasteiger partial charge in [0.1, 0.15) is 18.1 Å². The van der Waals surface area contributed by atoms with E-state index in [4.69, 9.17) is 15.1 Å². The lowest BCUT2D eigenvalue weighted by Gasteiger charge is -2.08. The number of ether oxygens (including phenoxy) is 1. The highest BCUT2D eigenvalue weighted by molar-refractivity contribution is 9.10. The van der Waals surface area contributed by atoms with Crippen molar-refractivity contribution < 1.29 is 19.8 Å². The molecule has 0 aliphatic heterocycles. The Kier molecular flexibility index (Phi) is 4.89. The first kappa shape index (κ1) is 15.0. The number of carboxylic acid groups (broad SMARTS) is 1. The minimum absolute atomic E-state index is 0.0335. The molecule has 21 heavy (non-hydrogen) atoms. The van der Waals surface area contributed by atoms with Crippen molar-refractivity contribution in [2.75, 3.05) is 6.61 Å². The average molecular weight is 351 g/mol. The second-order valence-corrected chi connectivity index (χ2v) is 4.94. The predicted octanol–water partition coefficient (Wildman–Crippen LogP) is 2.80. The number of rotatable bonds is 5. The number of aromatic nitrogens is 1. The van der Waals surface area contributed by atoms with E-state index in [1.165, 1.54) is 18.3 Å². The molecule has 0 radical (unpaired) electrons. The number of halogens is 1. The summed E-state index contributed by atoms with van der Waals surface area (Å²) in [4.78, 5) is 14.9. The number of benzene rings is 1. The zero-order chi connectivity index (χ0) is 15.2. The van der Waals surface area contributed by atoms with Crippen LogP contribution in [0.15, 0.2) is 52.2 Å². The maximum atomic E-state index is 10.9. The molecule has 2 aromatic rings. The first-order valence-corrected chi connectivity index (χ1v) is 6.68. The third kappa shape index (κ3) is 4.03. The lowest BCUT2D eigenvalue weighted by Crippen LogP contribution is -2.15. The van der Waals surface area contributed by atoms with E-state index in [1.54, 1.807) is 12.1 Å². The Labute approximate surface area is 128 Å². The molecule has 0 fully saturated rings. The van der Waals surface area contributed by atoms with Gasteiger partial charge in [0.25, 0.3) is 0 Å². The number of carboxylic acids is 1. The van der Waals surface area contributed by atoms with E-state index in [9.17, 15) is 4.79 Å². The Morgan fingerprint density at radius 2 is 2.00 bits per heavy atom. The number of pyridine rings is 1. The SMILES string of the molecule is O=C(O)c1ccnc(/C(COc2ccc(Br)cc2)=N/O)c1. The van der Waals surface area contributed by atoms with Crippen molar-refractivity contribution in [1.29, 1.82) is 0 Å². The summed E-state index contributed by atoms with van der Waals surface area (Å²) in [5, 5.41) is 21.1. The van der Waals surface area contributed by atoms with Crippen molar-refractivity contribution in [3.05, 3.63) is 58.3 Å². The van der Waals surface area contributed by atoms with Crippen molar-refractivity contribution in [2.24, 2.45) is 5.16 Å². The van der Waals surface area contributed by atoms with Crippen molar-refractivity contribution in [3.8, 4) is 5.75 Å². The van der Waals surface area contributed by atoms with E-state index in [1.807, 2.05) is 12.1 Å². The second kappa shape index (κ2) is 6.85. The van der Waals surface area contributed by atoms with Gasteiger partial charge in [0.15, 0.2) is 0 Å². The van der Waals surface area contributed by atoms with Gasteiger partial charge >= 0.3 is 5.97 Å². The molecule has 0 amide bonds. The first-order valence-electron chi connectivity index (χ1n) is 5.89. The third-order valence-corrected chi connectivity index (χ3v) is 3.14. The fourth-order valence-corrected chi connectivity index (χ4v) is 1.82. The fourth-order valence-electron chi connectivity index (χ4n) is 1.56. The van der Waals surface area contributed by atoms with Gasteiger partial charge < -0.3 is 15.1 Å². The molecule has 7 heteroatoms. The molecule has 1 aromatic carbocycles. The number of aromatic carboxylic acids is 1. The van der Waals surface area contributed by atoms with Gasteiger partial charge in [0.2, 0.25) is 0 Å². The maximum Gasteiger partial charge on any atom is 0.335 e. The molecule has 0 spiro atoms. The van der Waals surface area contributed by atoms with Gasteiger partial charge in [-0.05, 0) is 36.4 Å². The van der Waals surface area contributed by atoms with Crippen LogP contribution < -0.4 is 4.74 Å². The van der Waals surface area contributed by atoms with Crippen LogP contribution in [0.25, 0.3) is 0 Å². The minimum atomic E-state index is -1.08. The average Bonchev–Trinajstić information content (AvgIpc) is 2.50. The molecule has 0 saturated heterocycles. The Morgan fingerprint density at radius 3 is 2.62 bits per heavy atom. The van der Waals surface area contributed by atoms with Gasteiger partial charge in [-0.15, -0.1) is 0 Å². The molecule has 1 heterocycles. The van der Waals surface area contributed by atoms with E-state index in [0.29, 0.717) is 5.75 Å². The van der Waals surface area contributed by atoms with Crippen LogP contribution in [0.5, 0.6) is 5.75 Å². The van der Waals surface area contributed by atoms with Crippen molar-refractivity contribution in [1.82, 2.24) is 4.98 Å². The fraction of sp³-hybridized carbons (Fsp3) is 0.0714. The lowest BCUT2D eigenvalue weighted by molar-refractivity contribution is 0.0696. The Hall–Kier alpha value is -2.41. The molecule has 0 atom stereocenters. The van der Waals surface area contributed by atoms with Gasteiger partial charge in [-0.25, -0.2) is 4.79 Å². The van der Waals surface area contributed by atoms with Crippen LogP contribution in [0, 0.1) is 0 Å². The summed E-state index contributed by atoms with van der Waals surface area (Å²) >= 11 is 3.31. The zero-order valence-corrected chi connectivity index (χ0v) is 12.3. The van der Waals surface area contributed by atoms with Gasteiger partial charge in [-0.2, -0.15) is 0 Å². The Balaban J connectivity index is 2.11. The van der Waals surface area contributed by atoms with Gasteiger partial charge in [0, 0.05) is 10.7 Å². The lowest BCUT2D eigenvalue weighted by atomic mass is 10.2. The van der Waals surface area contributed by atoms with Crippen LogP contribution in [0.1, 0.15) is 16.1 Å². The summed E-state index contributed by atoms with van der Waals surface area (Å²) in [6.45, 7) is -0.0335. The smallest absolute Gasteiger partial charge is 0.335 e. The molecule has 0 aliphatic carbocycles. The number of hydrogen-bond acceptors (Lipinski definition) is 5. The predicted molar refractivity (Wildman–Crippen MR) is 79.2 cm³/mol. The topological polar surface area (TPSA) is 92.0 Å².